The zero-order chi connectivity index (χ0) is 21.1. The monoisotopic (exact) mass is 407 g/mol. The molecule has 0 aliphatic carbocycles. The molecule has 5 nitrogen and oxygen atoms in total. The highest BCUT2D eigenvalue weighted by Crippen LogP contribution is 2.30. The van der Waals surface area contributed by atoms with Crippen molar-refractivity contribution in [3.63, 3.8) is 0 Å². The average molecular weight is 408 g/mol. The quantitative estimate of drug-likeness (QED) is 0.644. The minimum Gasteiger partial charge on any atom is -0.494 e. The molecule has 0 spiro atoms. The van der Waals surface area contributed by atoms with Crippen LogP contribution >= 0.6 is 0 Å². The number of rotatable bonds is 7. The van der Waals surface area contributed by atoms with Gasteiger partial charge in [-0.3, -0.25) is 4.79 Å². The van der Waals surface area contributed by atoms with Gasteiger partial charge in [0, 0.05) is 42.6 Å². The number of fused-ring (bicyclic) bond motifs is 1. The van der Waals surface area contributed by atoms with Crippen molar-refractivity contribution in [2.24, 2.45) is 0 Å². The SMILES string of the molecule is CCCCOc1ccc2c(c1)CCN(c1ccc(N3CC[C@@H](N(C)C)C3)cc1)C2=O. The number of hydrogen-bond donors (Lipinski definition) is 0. The molecule has 2 aromatic carbocycles. The second kappa shape index (κ2) is 9.09. The summed E-state index contributed by atoms with van der Waals surface area (Å²) in [5, 5.41) is 0. The molecule has 2 aromatic rings. The Kier molecular flexibility index (Phi) is 6.28. The zero-order valence-corrected chi connectivity index (χ0v) is 18.4. The molecule has 0 N–H and O–H groups in total. The Balaban J connectivity index is 1.44. The first-order valence-electron chi connectivity index (χ1n) is 11.2. The molecule has 1 amide bonds. The number of benzene rings is 2. The number of likely N-dealkylation sites (N-methyl/N-ethyl adjacent to an activating group) is 1. The van der Waals surface area contributed by atoms with Gasteiger partial charge in [0.25, 0.3) is 5.91 Å². The lowest BCUT2D eigenvalue weighted by Gasteiger charge is -2.29. The lowest BCUT2D eigenvalue weighted by molar-refractivity contribution is 0.0980. The van der Waals surface area contributed by atoms with E-state index in [0.717, 1.165) is 61.5 Å². The number of carbonyl (C=O) groups excluding carboxylic acids is 1. The fraction of sp³-hybridized carbons (Fsp3) is 0.480. The number of amides is 1. The molecule has 1 atom stereocenters. The molecule has 0 radical (unpaired) electrons. The van der Waals surface area contributed by atoms with E-state index in [1.807, 2.05) is 23.1 Å². The van der Waals surface area contributed by atoms with Crippen LogP contribution in [0.25, 0.3) is 0 Å². The lowest BCUT2D eigenvalue weighted by Crippen LogP contribution is -2.37. The van der Waals surface area contributed by atoms with Crippen molar-refractivity contribution >= 4 is 17.3 Å². The summed E-state index contributed by atoms with van der Waals surface area (Å²) in [5.41, 5.74) is 4.10. The smallest absolute Gasteiger partial charge is 0.258 e. The highest BCUT2D eigenvalue weighted by atomic mass is 16.5. The van der Waals surface area contributed by atoms with Crippen LogP contribution in [-0.2, 0) is 6.42 Å². The molecule has 0 saturated carbocycles. The number of carbonyl (C=O) groups is 1. The highest BCUT2D eigenvalue weighted by molar-refractivity contribution is 6.08. The van der Waals surface area contributed by atoms with Gasteiger partial charge >= 0.3 is 0 Å². The summed E-state index contributed by atoms with van der Waals surface area (Å²) in [4.78, 5) is 19.8. The van der Waals surface area contributed by atoms with Crippen molar-refractivity contribution in [2.45, 2.75) is 38.6 Å². The van der Waals surface area contributed by atoms with Gasteiger partial charge in [-0.25, -0.2) is 0 Å². The molecule has 1 saturated heterocycles. The first-order valence-corrected chi connectivity index (χ1v) is 11.2. The summed E-state index contributed by atoms with van der Waals surface area (Å²) < 4.78 is 5.81. The molecule has 5 heteroatoms. The summed E-state index contributed by atoms with van der Waals surface area (Å²) >= 11 is 0. The van der Waals surface area contributed by atoms with Gasteiger partial charge < -0.3 is 19.4 Å². The molecule has 0 aromatic heterocycles. The Morgan fingerprint density at radius 3 is 2.53 bits per heavy atom. The van der Waals surface area contributed by atoms with E-state index in [9.17, 15) is 4.79 Å². The summed E-state index contributed by atoms with van der Waals surface area (Å²) in [7, 11) is 4.30. The van der Waals surface area contributed by atoms with Crippen LogP contribution in [0.15, 0.2) is 42.5 Å². The molecule has 0 bridgehead atoms. The largest absolute Gasteiger partial charge is 0.494 e. The van der Waals surface area contributed by atoms with Crippen LogP contribution < -0.4 is 14.5 Å². The van der Waals surface area contributed by atoms with Crippen LogP contribution in [0.5, 0.6) is 5.75 Å². The van der Waals surface area contributed by atoms with E-state index in [-0.39, 0.29) is 5.91 Å². The maximum atomic E-state index is 13.1. The van der Waals surface area contributed by atoms with Crippen LogP contribution in [0.1, 0.15) is 42.1 Å². The van der Waals surface area contributed by atoms with E-state index in [1.165, 1.54) is 12.1 Å². The minimum atomic E-state index is 0.0814. The first kappa shape index (κ1) is 20.7. The number of ether oxygens (including phenoxy) is 1. The Labute approximate surface area is 180 Å². The van der Waals surface area contributed by atoms with Gasteiger partial charge in [0.05, 0.1) is 6.61 Å². The second-order valence-electron chi connectivity index (χ2n) is 8.60. The molecule has 4 rings (SSSR count). The lowest BCUT2D eigenvalue weighted by atomic mass is 9.98. The highest BCUT2D eigenvalue weighted by Gasteiger charge is 2.27. The maximum Gasteiger partial charge on any atom is 0.258 e. The second-order valence-corrected chi connectivity index (χ2v) is 8.60. The van der Waals surface area contributed by atoms with Gasteiger partial charge in [0.1, 0.15) is 5.75 Å². The number of anilines is 2. The summed E-state index contributed by atoms with van der Waals surface area (Å²) in [6.45, 7) is 5.73. The summed E-state index contributed by atoms with van der Waals surface area (Å²) in [5.74, 6) is 0.951. The maximum absolute atomic E-state index is 13.1. The van der Waals surface area contributed by atoms with E-state index < -0.39 is 0 Å². The molecule has 30 heavy (non-hydrogen) atoms. The topological polar surface area (TPSA) is 36.0 Å². The normalized spacial score (nSPS) is 18.8. The average Bonchev–Trinajstić information content (AvgIpc) is 3.25. The van der Waals surface area contributed by atoms with E-state index in [1.54, 1.807) is 0 Å². The predicted molar refractivity (Wildman–Crippen MR) is 123 cm³/mol. The van der Waals surface area contributed by atoms with Gasteiger partial charge in [-0.2, -0.15) is 0 Å². The van der Waals surface area contributed by atoms with Gasteiger partial charge in [0.2, 0.25) is 0 Å². The third-order valence-corrected chi connectivity index (χ3v) is 6.34. The summed E-state index contributed by atoms with van der Waals surface area (Å²) in [6.07, 6.45) is 4.21. The van der Waals surface area contributed by atoms with Crippen molar-refractivity contribution in [1.29, 1.82) is 0 Å². The fourth-order valence-corrected chi connectivity index (χ4v) is 4.38. The van der Waals surface area contributed by atoms with Crippen molar-refractivity contribution < 1.29 is 9.53 Å². The van der Waals surface area contributed by atoms with Crippen LogP contribution in [-0.4, -0.2) is 57.2 Å². The van der Waals surface area contributed by atoms with Gasteiger partial charge in [0.15, 0.2) is 0 Å². The third-order valence-electron chi connectivity index (χ3n) is 6.34. The van der Waals surface area contributed by atoms with E-state index in [4.69, 9.17) is 4.74 Å². The Bertz CT molecular complexity index is 878. The van der Waals surface area contributed by atoms with E-state index in [0.29, 0.717) is 12.6 Å². The van der Waals surface area contributed by atoms with Crippen LogP contribution in [0, 0.1) is 0 Å². The van der Waals surface area contributed by atoms with Gasteiger partial charge in [-0.1, -0.05) is 13.3 Å². The minimum absolute atomic E-state index is 0.0814. The Hall–Kier alpha value is -2.53. The van der Waals surface area contributed by atoms with Crippen molar-refractivity contribution in [3.05, 3.63) is 53.6 Å². The zero-order valence-electron chi connectivity index (χ0n) is 18.4. The molecule has 2 aliphatic heterocycles. The molecule has 1 fully saturated rings. The number of nitrogens with zero attached hydrogens (tertiary/aromatic N) is 3. The molecule has 0 unspecified atom stereocenters. The van der Waals surface area contributed by atoms with Crippen LogP contribution in [0.3, 0.4) is 0 Å². The van der Waals surface area contributed by atoms with E-state index >= 15 is 0 Å². The fourth-order valence-electron chi connectivity index (χ4n) is 4.38. The van der Waals surface area contributed by atoms with E-state index in [2.05, 4.69) is 55.1 Å². The van der Waals surface area contributed by atoms with Crippen LogP contribution in [0.4, 0.5) is 11.4 Å². The standard InChI is InChI=1S/C25H33N3O2/c1-4-5-16-30-23-10-11-24-19(17-23)12-15-28(25(24)29)21-8-6-20(7-9-21)27-14-13-22(18-27)26(2)3/h6-11,17,22H,4-5,12-16,18H2,1-3H3/t22-/m1/s1. The predicted octanol–water partition coefficient (Wildman–Crippen LogP) is 4.21. The first-order chi connectivity index (χ1) is 14.6. The van der Waals surface area contributed by atoms with Crippen LogP contribution in [0.2, 0.25) is 0 Å². The van der Waals surface area contributed by atoms with Crippen molar-refractivity contribution in [1.82, 2.24) is 4.90 Å². The van der Waals surface area contributed by atoms with Gasteiger partial charge in [-0.05, 0) is 81.4 Å². The molecular formula is C25H33N3O2. The van der Waals surface area contributed by atoms with Gasteiger partial charge in [-0.15, -0.1) is 0 Å². The number of hydrogen-bond acceptors (Lipinski definition) is 4. The van der Waals surface area contributed by atoms with Crippen molar-refractivity contribution in [3.8, 4) is 5.75 Å². The molecule has 160 valence electrons. The Morgan fingerprint density at radius 1 is 1.07 bits per heavy atom. The summed E-state index contributed by atoms with van der Waals surface area (Å²) in [6, 6.07) is 15.0. The molecule has 2 heterocycles. The third kappa shape index (κ3) is 4.31. The van der Waals surface area contributed by atoms with Crippen molar-refractivity contribution in [2.75, 3.05) is 50.1 Å². The number of unbranched alkanes of at least 4 members (excludes halogenated alkanes) is 1. The molecule has 2 aliphatic rings. The Morgan fingerprint density at radius 2 is 1.83 bits per heavy atom. The molecular weight excluding hydrogens is 374 g/mol.